The van der Waals surface area contributed by atoms with Gasteiger partial charge in [0.05, 0.1) is 18.2 Å². The number of hydrogen-bond acceptors (Lipinski definition) is 3. The summed E-state index contributed by atoms with van der Waals surface area (Å²) in [5.41, 5.74) is 0.749. The Bertz CT molecular complexity index is 775. The Labute approximate surface area is 149 Å². The van der Waals surface area contributed by atoms with Crippen molar-refractivity contribution in [1.29, 1.82) is 0 Å². The van der Waals surface area contributed by atoms with Crippen LogP contribution in [-0.4, -0.2) is 41.9 Å². The van der Waals surface area contributed by atoms with E-state index in [1.165, 1.54) is 30.1 Å². The molecule has 2 heterocycles. The van der Waals surface area contributed by atoms with Crippen molar-refractivity contribution in [2.45, 2.75) is 25.3 Å². The maximum atomic E-state index is 14.7. The van der Waals surface area contributed by atoms with Gasteiger partial charge >= 0.3 is 0 Å². The first-order valence-electron chi connectivity index (χ1n) is 7.91. The van der Waals surface area contributed by atoms with Crippen molar-refractivity contribution >= 4 is 11.6 Å². The van der Waals surface area contributed by atoms with Gasteiger partial charge in [0.2, 0.25) is 0 Å². The van der Waals surface area contributed by atoms with Crippen molar-refractivity contribution in [1.82, 2.24) is 14.7 Å². The van der Waals surface area contributed by atoms with Gasteiger partial charge in [-0.15, -0.1) is 0 Å². The average molecular weight is 374 g/mol. The molecule has 0 saturated carbocycles. The summed E-state index contributed by atoms with van der Waals surface area (Å²) in [6.45, 7) is 3.20. The standard InChI is InChI=1S/C17H19ClF3N3O/c1-9(24-5-4-13(22-24)17(20)21)11-6-12(18)15(19)14(16(11)25-3)10-7-23(2)8-10/h4-6,9-10,17H,7-8H2,1-3H3. The van der Waals surface area contributed by atoms with Crippen LogP contribution < -0.4 is 4.74 Å². The number of methoxy groups -OCH3 is 1. The van der Waals surface area contributed by atoms with E-state index in [-0.39, 0.29) is 16.6 Å². The Morgan fingerprint density at radius 3 is 2.56 bits per heavy atom. The molecular formula is C17H19ClF3N3O. The van der Waals surface area contributed by atoms with E-state index in [4.69, 9.17) is 16.3 Å². The van der Waals surface area contributed by atoms with E-state index < -0.39 is 18.3 Å². The van der Waals surface area contributed by atoms with Crippen LogP contribution in [0.2, 0.25) is 5.02 Å². The van der Waals surface area contributed by atoms with Gasteiger partial charge in [0.15, 0.2) is 0 Å². The minimum Gasteiger partial charge on any atom is -0.496 e. The van der Waals surface area contributed by atoms with Crippen LogP contribution in [0.15, 0.2) is 18.3 Å². The molecule has 1 unspecified atom stereocenters. The fourth-order valence-corrected chi connectivity index (χ4v) is 3.48. The van der Waals surface area contributed by atoms with Gasteiger partial charge < -0.3 is 9.64 Å². The van der Waals surface area contributed by atoms with Crippen LogP contribution in [0.25, 0.3) is 0 Å². The first-order valence-corrected chi connectivity index (χ1v) is 8.28. The predicted molar refractivity (Wildman–Crippen MR) is 89.2 cm³/mol. The minimum absolute atomic E-state index is 0.00607. The van der Waals surface area contributed by atoms with Gasteiger partial charge in [-0.3, -0.25) is 4.68 Å². The molecule has 0 bridgehead atoms. The molecule has 1 atom stereocenters. The Balaban J connectivity index is 2.05. The molecule has 0 aliphatic carbocycles. The van der Waals surface area contributed by atoms with Gasteiger partial charge in [-0.2, -0.15) is 5.10 Å². The van der Waals surface area contributed by atoms with Crippen molar-refractivity contribution in [3.8, 4) is 5.75 Å². The van der Waals surface area contributed by atoms with E-state index in [1.807, 2.05) is 7.05 Å². The van der Waals surface area contributed by atoms with Crippen molar-refractivity contribution in [3.63, 3.8) is 0 Å². The Kier molecular flexibility index (Phi) is 4.97. The quantitative estimate of drug-likeness (QED) is 0.784. The molecule has 1 aromatic heterocycles. The molecular weight excluding hydrogens is 355 g/mol. The molecule has 0 amide bonds. The monoisotopic (exact) mass is 373 g/mol. The number of nitrogens with zero attached hydrogens (tertiary/aromatic N) is 3. The van der Waals surface area contributed by atoms with Gasteiger partial charge in [-0.25, -0.2) is 13.2 Å². The largest absolute Gasteiger partial charge is 0.496 e. The average Bonchev–Trinajstić information content (AvgIpc) is 3.04. The number of hydrogen-bond donors (Lipinski definition) is 0. The highest BCUT2D eigenvalue weighted by Crippen LogP contribution is 2.42. The second-order valence-electron chi connectivity index (χ2n) is 6.32. The van der Waals surface area contributed by atoms with Crippen LogP contribution in [0, 0.1) is 5.82 Å². The fourth-order valence-electron chi connectivity index (χ4n) is 3.26. The van der Waals surface area contributed by atoms with Crippen LogP contribution in [0.3, 0.4) is 0 Å². The molecule has 1 saturated heterocycles. The van der Waals surface area contributed by atoms with E-state index in [0.29, 0.717) is 30.0 Å². The van der Waals surface area contributed by atoms with Gasteiger partial charge in [-0.05, 0) is 26.1 Å². The summed E-state index contributed by atoms with van der Waals surface area (Å²) in [6.07, 6.45) is -1.17. The SMILES string of the molecule is COc1c(C(C)n2ccc(C(F)F)n2)cc(Cl)c(F)c1C1CN(C)C1. The molecule has 2 aromatic rings. The zero-order chi connectivity index (χ0) is 18.3. The second kappa shape index (κ2) is 6.88. The Hall–Kier alpha value is -1.73. The number of halogens is 4. The topological polar surface area (TPSA) is 30.3 Å². The van der Waals surface area contributed by atoms with Crippen LogP contribution in [0.4, 0.5) is 13.2 Å². The molecule has 0 radical (unpaired) electrons. The third-order valence-electron chi connectivity index (χ3n) is 4.61. The summed E-state index contributed by atoms with van der Waals surface area (Å²) in [4.78, 5) is 2.07. The van der Waals surface area contributed by atoms with Crippen LogP contribution in [0.1, 0.15) is 42.1 Å². The molecule has 1 aromatic carbocycles. The molecule has 136 valence electrons. The summed E-state index contributed by atoms with van der Waals surface area (Å²) in [5, 5.41) is 3.89. The second-order valence-corrected chi connectivity index (χ2v) is 6.73. The number of benzene rings is 1. The fraction of sp³-hybridized carbons (Fsp3) is 0.471. The highest BCUT2D eigenvalue weighted by atomic mass is 35.5. The van der Waals surface area contributed by atoms with Gasteiger partial charge in [-0.1, -0.05) is 11.6 Å². The minimum atomic E-state index is -2.65. The van der Waals surface area contributed by atoms with E-state index in [9.17, 15) is 13.2 Å². The van der Waals surface area contributed by atoms with Crippen LogP contribution in [-0.2, 0) is 0 Å². The normalized spacial score (nSPS) is 17.0. The lowest BCUT2D eigenvalue weighted by Gasteiger charge is -2.38. The van der Waals surface area contributed by atoms with E-state index >= 15 is 0 Å². The Morgan fingerprint density at radius 2 is 2.04 bits per heavy atom. The van der Waals surface area contributed by atoms with Crippen molar-refractivity contribution in [2.24, 2.45) is 0 Å². The predicted octanol–water partition coefficient (Wildman–Crippen LogP) is 4.26. The number of alkyl halides is 2. The molecule has 0 N–H and O–H groups in total. The molecule has 0 spiro atoms. The smallest absolute Gasteiger partial charge is 0.282 e. The first-order chi connectivity index (χ1) is 11.8. The number of likely N-dealkylation sites (tertiary alicyclic amines) is 1. The maximum absolute atomic E-state index is 14.7. The van der Waals surface area contributed by atoms with Gasteiger partial charge in [0.25, 0.3) is 6.43 Å². The van der Waals surface area contributed by atoms with Gasteiger partial charge in [0, 0.05) is 36.3 Å². The molecule has 8 heteroatoms. The van der Waals surface area contributed by atoms with E-state index in [0.717, 1.165) is 0 Å². The van der Waals surface area contributed by atoms with Crippen molar-refractivity contribution in [3.05, 3.63) is 46.0 Å². The summed E-state index contributed by atoms with van der Waals surface area (Å²) in [6, 6.07) is 2.31. The molecule has 1 aliphatic rings. The lowest BCUT2D eigenvalue weighted by atomic mass is 9.88. The van der Waals surface area contributed by atoms with Gasteiger partial charge in [0.1, 0.15) is 17.3 Å². The molecule has 3 rings (SSSR count). The van der Waals surface area contributed by atoms with Crippen LogP contribution >= 0.6 is 11.6 Å². The number of likely N-dealkylation sites (N-methyl/N-ethyl adjacent to an activating group) is 1. The Morgan fingerprint density at radius 1 is 1.36 bits per heavy atom. The first kappa shape index (κ1) is 18.1. The number of rotatable bonds is 5. The molecule has 4 nitrogen and oxygen atoms in total. The van der Waals surface area contributed by atoms with Crippen molar-refractivity contribution in [2.75, 3.05) is 27.2 Å². The summed E-state index contributed by atoms with van der Waals surface area (Å²) in [7, 11) is 3.42. The highest BCUT2D eigenvalue weighted by Gasteiger charge is 2.33. The van der Waals surface area contributed by atoms with Crippen molar-refractivity contribution < 1.29 is 17.9 Å². The summed E-state index contributed by atoms with van der Waals surface area (Å²) in [5.74, 6) is -0.0956. The third-order valence-corrected chi connectivity index (χ3v) is 4.89. The lowest BCUT2D eigenvalue weighted by Crippen LogP contribution is -2.42. The lowest BCUT2D eigenvalue weighted by molar-refractivity contribution is 0.144. The summed E-state index contributed by atoms with van der Waals surface area (Å²) >= 11 is 6.10. The molecule has 1 aliphatic heterocycles. The molecule has 25 heavy (non-hydrogen) atoms. The van der Waals surface area contributed by atoms with E-state index in [1.54, 1.807) is 6.92 Å². The third kappa shape index (κ3) is 3.22. The summed E-state index contributed by atoms with van der Waals surface area (Å²) < 4.78 is 47.1. The zero-order valence-corrected chi connectivity index (χ0v) is 14.9. The van der Waals surface area contributed by atoms with E-state index in [2.05, 4.69) is 10.00 Å². The molecule has 1 fully saturated rings. The number of aromatic nitrogens is 2. The number of ether oxygens (including phenoxy) is 1. The highest BCUT2D eigenvalue weighted by molar-refractivity contribution is 6.31. The van der Waals surface area contributed by atoms with Crippen LogP contribution in [0.5, 0.6) is 5.75 Å². The zero-order valence-electron chi connectivity index (χ0n) is 14.1. The maximum Gasteiger partial charge on any atom is 0.282 e.